The quantitative estimate of drug-likeness (QED) is 0.291. The molecule has 1 unspecified atom stereocenters. The molecule has 214 valence electrons. The molecule has 3 aromatic carbocycles. The molecule has 0 spiro atoms. The van der Waals surface area contributed by atoms with E-state index in [-0.39, 0.29) is 17.4 Å². The molecule has 10 heteroatoms. The summed E-state index contributed by atoms with van der Waals surface area (Å²) in [7, 11) is 0. The van der Waals surface area contributed by atoms with Gasteiger partial charge in [-0.1, -0.05) is 60.6 Å². The van der Waals surface area contributed by atoms with Gasteiger partial charge in [-0.15, -0.1) is 0 Å². The first kappa shape index (κ1) is 27.3. The maximum absolute atomic E-state index is 13.2. The minimum Gasteiger partial charge on any atom is -0.376 e. The van der Waals surface area contributed by atoms with Crippen LogP contribution >= 0.6 is 0 Å². The number of nitrogens with one attached hydrogen (secondary N) is 1. The Kier molecular flexibility index (Phi) is 7.78. The van der Waals surface area contributed by atoms with Crippen molar-refractivity contribution in [2.24, 2.45) is 0 Å². The molecule has 0 bridgehead atoms. The summed E-state index contributed by atoms with van der Waals surface area (Å²) in [6, 6.07) is 22.7. The van der Waals surface area contributed by atoms with Crippen LogP contribution in [0.2, 0.25) is 0 Å². The van der Waals surface area contributed by atoms with Gasteiger partial charge in [0, 0.05) is 37.3 Å². The molecule has 0 radical (unpaired) electrons. The number of aromatic nitrogens is 4. The van der Waals surface area contributed by atoms with Crippen LogP contribution in [0.25, 0.3) is 22.3 Å². The molecule has 10 nitrogen and oxygen atoms in total. The van der Waals surface area contributed by atoms with Crippen molar-refractivity contribution in [1.82, 2.24) is 25.0 Å². The predicted molar refractivity (Wildman–Crippen MR) is 159 cm³/mol. The highest BCUT2D eigenvalue weighted by Gasteiger charge is 2.24. The van der Waals surface area contributed by atoms with E-state index >= 15 is 0 Å². The van der Waals surface area contributed by atoms with E-state index in [1.807, 2.05) is 59.2 Å². The minimum absolute atomic E-state index is 0.0469. The summed E-state index contributed by atoms with van der Waals surface area (Å²) in [5.74, 6) is 1.41. The molecule has 3 heterocycles. The van der Waals surface area contributed by atoms with Gasteiger partial charge in [0.15, 0.2) is 0 Å². The SMILES string of the molecule is Cc1ccccc1COCC(C)c1nc(-c2ccc(C(=O)N3CCN(c4nc5ccccc5c(=O)[nH]4)CC3)cc2)no1. The van der Waals surface area contributed by atoms with Crippen molar-refractivity contribution < 1.29 is 14.1 Å². The number of carbonyl (C=O) groups is 1. The maximum atomic E-state index is 13.2. The fourth-order valence-corrected chi connectivity index (χ4v) is 5.03. The summed E-state index contributed by atoms with van der Waals surface area (Å²) in [5.41, 5.74) is 4.21. The van der Waals surface area contributed by atoms with Crippen LogP contribution in [-0.4, -0.2) is 63.7 Å². The molecule has 2 aromatic heterocycles. The van der Waals surface area contributed by atoms with Gasteiger partial charge < -0.3 is 19.1 Å². The second-order valence-electron chi connectivity index (χ2n) is 10.6. The molecule has 0 saturated carbocycles. The van der Waals surface area contributed by atoms with E-state index in [9.17, 15) is 9.59 Å². The number of amides is 1. The van der Waals surface area contributed by atoms with E-state index < -0.39 is 0 Å². The zero-order valence-electron chi connectivity index (χ0n) is 23.6. The molecule has 1 aliphatic rings. The zero-order chi connectivity index (χ0) is 29.1. The molecule has 1 fully saturated rings. The Morgan fingerprint density at radius 2 is 1.71 bits per heavy atom. The molecule has 42 heavy (non-hydrogen) atoms. The van der Waals surface area contributed by atoms with E-state index in [1.54, 1.807) is 18.2 Å². The number of rotatable bonds is 8. The van der Waals surface area contributed by atoms with E-state index in [0.717, 1.165) is 11.1 Å². The summed E-state index contributed by atoms with van der Waals surface area (Å²) in [4.78, 5) is 41.5. The Morgan fingerprint density at radius 1 is 0.976 bits per heavy atom. The number of benzene rings is 3. The fourth-order valence-electron chi connectivity index (χ4n) is 5.03. The Labute approximate surface area is 243 Å². The molecule has 1 aliphatic heterocycles. The van der Waals surface area contributed by atoms with Crippen LogP contribution < -0.4 is 10.5 Å². The van der Waals surface area contributed by atoms with Gasteiger partial charge >= 0.3 is 0 Å². The summed E-state index contributed by atoms with van der Waals surface area (Å²) in [5, 5.41) is 4.70. The van der Waals surface area contributed by atoms with Crippen molar-refractivity contribution in [3.8, 4) is 11.4 Å². The second kappa shape index (κ2) is 12.0. The molecule has 1 amide bonds. The number of fused-ring (bicyclic) bond motifs is 1. The number of carbonyl (C=O) groups excluding carboxylic acids is 1. The summed E-state index contributed by atoms with van der Waals surface area (Å²) >= 11 is 0. The minimum atomic E-state index is -0.163. The number of H-pyrrole nitrogens is 1. The first-order valence-corrected chi connectivity index (χ1v) is 14.1. The van der Waals surface area contributed by atoms with E-state index in [4.69, 9.17) is 9.26 Å². The lowest BCUT2D eigenvalue weighted by Crippen LogP contribution is -2.49. The number of aromatic amines is 1. The molecule has 1 N–H and O–H groups in total. The third-order valence-electron chi connectivity index (χ3n) is 7.61. The van der Waals surface area contributed by atoms with Gasteiger partial charge in [0.1, 0.15) is 0 Å². The van der Waals surface area contributed by atoms with Gasteiger partial charge in [0.25, 0.3) is 11.5 Å². The van der Waals surface area contributed by atoms with Crippen LogP contribution in [0.1, 0.15) is 40.2 Å². The maximum Gasteiger partial charge on any atom is 0.260 e. The number of aryl methyl sites for hydroxylation is 1. The topological polar surface area (TPSA) is 117 Å². The predicted octanol–water partition coefficient (Wildman–Crippen LogP) is 4.56. The lowest BCUT2D eigenvalue weighted by Gasteiger charge is -2.35. The number of hydrogen-bond donors (Lipinski definition) is 1. The van der Waals surface area contributed by atoms with Crippen molar-refractivity contribution in [3.05, 3.63) is 106 Å². The highest BCUT2D eigenvalue weighted by atomic mass is 16.5. The Hall–Kier alpha value is -4.83. The van der Waals surface area contributed by atoms with Crippen molar-refractivity contribution in [3.63, 3.8) is 0 Å². The van der Waals surface area contributed by atoms with Crippen LogP contribution in [0.15, 0.2) is 82.1 Å². The van der Waals surface area contributed by atoms with Crippen molar-refractivity contribution >= 4 is 22.8 Å². The summed E-state index contributed by atoms with van der Waals surface area (Å²) in [6.07, 6.45) is 0. The zero-order valence-corrected chi connectivity index (χ0v) is 23.6. The fraction of sp³-hybridized carbons (Fsp3) is 0.281. The monoisotopic (exact) mass is 564 g/mol. The molecular weight excluding hydrogens is 532 g/mol. The van der Waals surface area contributed by atoms with Crippen LogP contribution in [-0.2, 0) is 11.3 Å². The molecule has 1 atom stereocenters. The number of piperazine rings is 1. The molecule has 1 saturated heterocycles. The Morgan fingerprint density at radius 3 is 2.50 bits per heavy atom. The molecule has 0 aliphatic carbocycles. The van der Waals surface area contributed by atoms with Gasteiger partial charge in [0.2, 0.25) is 17.7 Å². The summed E-state index contributed by atoms with van der Waals surface area (Å²) in [6.45, 7) is 7.24. The first-order valence-electron chi connectivity index (χ1n) is 14.1. The smallest absolute Gasteiger partial charge is 0.260 e. The summed E-state index contributed by atoms with van der Waals surface area (Å²) < 4.78 is 11.4. The third-order valence-corrected chi connectivity index (χ3v) is 7.61. The van der Waals surface area contributed by atoms with Gasteiger partial charge in [-0.3, -0.25) is 14.6 Å². The van der Waals surface area contributed by atoms with Crippen molar-refractivity contribution in [2.75, 3.05) is 37.7 Å². The molecular formula is C32H32N6O4. The average Bonchev–Trinajstić information content (AvgIpc) is 3.52. The largest absolute Gasteiger partial charge is 0.376 e. The van der Waals surface area contributed by atoms with Crippen LogP contribution in [0, 0.1) is 6.92 Å². The first-order chi connectivity index (χ1) is 20.5. The average molecular weight is 565 g/mol. The second-order valence-corrected chi connectivity index (χ2v) is 10.6. The number of para-hydroxylation sites is 1. The highest BCUT2D eigenvalue weighted by molar-refractivity contribution is 5.94. The Bertz CT molecular complexity index is 1760. The number of anilines is 1. The van der Waals surface area contributed by atoms with Crippen molar-refractivity contribution in [1.29, 1.82) is 0 Å². The van der Waals surface area contributed by atoms with E-state index in [1.165, 1.54) is 5.56 Å². The van der Waals surface area contributed by atoms with Gasteiger partial charge in [-0.05, 0) is 42.3 Å². The standard InChI is InChI=1S/C32H32N6O4/c1-21-7-3-4-8-25(21)20-41-19-22(2)30-34-28(36-42-30)23-11-13-24(14-12-23)31(40)37-15-17-38(18-16-37)32-33-27-10-6-5-9-26(27)29(39)35-32/h3-14,22H,15-20H2,1-2H3,(H,33,35,39). The van der Waals surface area contributed by atoms with E-state index in [2.05, 4.69) is 39.2 Å². The van der Waals surface area contributed by atoms with Gasteiger partial charge in [0.05, 0.1) is 30.0 Å². The lowest BCUT2D eigenvalue weighted by atomic mass is 10.1. The van der Waals surface area contributed by atoms with Crippen LogP contribution in [0.5, 0.6) is 0 Å². The van der Waals surface area contributed by atoms with Crippen molar-refractivity contribution in [2.45, 2.75) is 26.4 Å². The van der Waals surface area contributed by atoms with Crippen LogP contribution in [0.3, 0.4) is 0 Å². The number of nitrogens with zero attached hydrogens (tertiary/aromatic N) is 5. The molecule has 5 aromatic rings. The highest BCUT2D eigenvalue weighted by Crippen LogP contribution is 2.22. The van der Waals surface area contributed by atoms with Crippen LogP contribution in [0.4, 0.5) is 5.95 Å². The Balaban J connectivity index is 1.03. The van der Waals surface area contributed by atoms with E-state index in [0.29, 0.717) is 73.5 Å². The number of hydrogen-bond acceptors (Lipinski definition) is 8. The van der Waals surface area contributed by atoms with Gasteiger partial charge in [-0.25, -0.2) is 4.98 Å². The lowest BCUT2D eigenvalue weighted by molar-refractivity contribution is 0.0746. The normalized spacial score (nSPS) is 14.3. The number of ether oxygens (including phenoxy) is 1. The third kappa shape index (κ3) is 5.80. The van der Waals surface area contributed by atoms with Gasteiger partial charge in [-0.2, -0.15) is 4.98 Å². The molecule has 6 rings (SSSR count).